The second-order valence-electron chi connectivity index (χ2n) is 4.91. The van der Waals surface area contributed by atoms with Crippen LogP contribution in [0.4, 0.5) is 0 Å². The van der Waals surface area contributed by atoms with Crippen LogP contribution in [0.1, 0.15) is 29.7 Å². The van der Waals surface area contributed by atoms with Crippen LogP contribution in [0.15, 0.2) is 48.5 Å². The van der Waals surface area contributed by atoms with Gasteiger partial charge in [0.05, 0.1) is 6.61 Å². The van der Waals surface area contributed by atoms with Gasteiger partial charge in [0.2, 0.25) is 0 Å². The number of methoxy groups -OCH3 is 1. The maximum absolute atomic E-state index is 6.02. The molecule has 0 saturated heterocycles. The van der Waals surface area contributed by atoms with Crippen molar-refractivity contribution in [1.29, 1.82) is 0 Å². The van der Waals surface area contributed by atoms with E-state index in [0.29, 0.717) is 6.61 Å². The molecule has 2 aromatic carbocycles. The van der Waals surface area contributed by atoms with E-state index >= 15 is 0 Å². The molecule has 20 heavy (non-hydrogen) atoms. The van der Waals surface area contributed by atoms with Gasteiger partial charge in [-0.15, -0.1) is 0 Å². The Morgan fingerprint density at radius 3 is 2.60 bits per heavy atom. The lowest BCUT2D eigenvalue weighted by atomic mass is 10.1. The van der Waals surface area contributed by atoms with E-state index in [2.05, 4.69) is 42.6 Å². The molecule has 0 saturated carbocycles. The zero-order chi connectivity index (χ0) is 14.4. The third-order valence-corrected chi connectivity index (χ3v) is 3.50. The van der Waals surface area contributed by atoms with E-state index in [0.717, 1.165) is 11.6 Å². The van der Waals surface area contributed by atoms with Crippen LogP contribution >= 0.6 is 11.6 Å². The first-order valence-electron chi connectivity index (χ1n) is 6.74. The second-order valence-corrected chi connectivity index (χ2v) is 5.35. The predicted molar refractivity (Wildman–Crippen MR) is 83.9 cm³/mol. The van der Waals surface area contributed by atoms with Crippen molar-refractivity contribution >= 4 is 11.6 Å². The number of benzene rings is 2. The molecule has 0 aliphatic heterocycles. The predicted octanol–water partition coefficient (Wildman–Crippen LogP) is 4.34. The number of nitrogens with one attached hydrogen (secondary N) is 1. The fourth-order valence-corrected chi connectivity index (χ4v) is 2.36. The van der Waals surface area contributed by atoms with Crippen molar-refractivity contribution in [1.82, 2.24) is 5.32 Å². The van der Waals surface area contributed by atoms with Crippen molar-refractivity contribution in [3.63, 3.8) is 0 Å². The Labute approximate surface area is 125 Å². The van der Waals surface area contributed by atoms with Crippen LogP contribution in [-0.2, 0) is 17.9 Å². The van der Waals surface area contributed by atoms with Crippen LogP contribution < -0.4 is 5.32 Å². The summed E-state index contributed by atoms with van der Waals surface area (Å²) in [6.45, 7) is 3.62. The zero-order valence-corrected chi connectivity index (χ0v) is 12.7. The molecule has 0 amide bonds. The summed E-state index contributed by atoms with van der Waals surface area (Å²) in [6.07, 6.45) is 0. The highest BCUT2D eigenvalue weighted by Gasteiger charge is 2.05. The molecule has 0 fully saturated rings. The molecule has 0 bridgehead atoms. The summed E-state index contributed by atoms with van der Waals surface area (Å²) in [4.78, 5) is 0. The maximum Gasteiger partial charge on any atom is 0.0713 e. The highest BCUT2D eigenvalue weighted by molar-refractivity contribution is 6.30. The Morgan fingerprint density at radius 1 is 1.10 bits per heavy atom. The van der Waals surface area contributed by atoms with Gasteiger partial charge in [-0.1, -0.05) is 48.0 Å². The van der Waals surface area contributed by atoms with Crippen LogP contribution in [0.5, 0.6) is 0 Å². The summed E-state index contributed by atoms with van der Waals surface area (Å²) < 4.78 is 5.16. The Kier molecular flexibility index (Phi) is 5.60. The van der Waals surface area contributed by atoms with Gasteiger partial charge in [-0.3, -0.25) is 0 Å². The van der Waals surface area contributed by atoms with Crippen molar-refractivity contribution in [3.05, 3.63) is 70.2 Å². The molecule has 2 nitrogen and oxygen atoms in total. The summed E-state index contributed by atoms with van der Waals surface area (Å²) in [5, 5.41) is 4.29. The molecule has 2 aromatic rings. The van der Waals surface area contributed by atoms with Gasteiger partial charge in [0.1, 0.15) is 0 Å². The average molecular weight is 290 g/mol. The molecule has 106 valence electrons. The number of hydrogen-bond acceptors (Lipinski definition) is 2. The quantitative estimate of drug-likeness (QED) is 0.854. The van der Waals surface area contributed by atoms with E-state index in [4.69, 9.17) is 16.3 Å². The van der Waals surface area contributed by atoms with E-state index in [1.807, 2.05) is 18.2 Å². The van der Waals surface area contributed by atoms with Gasteiger partial charge in [-0.05, 0) is 35.7 Å². The number of rotatable bonds is 6. The van der Waals surface area contributed by atoms with E-state index < -0.39 is 0 Å². The Balaban J connectivity index is 1.96. The molecule has 2 rings (SSSR count). The summed E-state index contributed by atoms with van der Waals surface area (Å²) in [5.74, 6) is 0. The van der Waals surface area contributed by atoms with Gasteiger partial charge in [0, 0.05) is 24.7 Å². The summed E-state index contributed by atoms with van der Waals surface area (Å²) in [6, 6.07) is 16.7. The summed E-state index contributed by atoms with van der Waals surface area (Å²) in [7, 11) is 1.71. The highest BCUT2D eigenvalue weighted by atomic mass is 35.5. The lowest BCUT2D eigenvalue weighted by Crippen LogP contribution is -2.18. The molecule has 3 heteroatoms. The van der Waals surface area contributed by atoms with Gasteiger partial charge in [0.15, 0.2) is 0 Å². The number of ether oxygens (including phenoxy) is 1. The van der Waals surface area contributed by atoms with Crippen LogP contribution in [0.25, 0.3) is 0 Å². The number of hydrogen-bond donors (Lipinski definition) is 1. The van der Waals surface area contributed by atoms with E-state index in [-0.39, 0.29) is 6.04 Å². The zero-order valence-electron chi connectivity index (χ0n) is 11.9. The van der Waals surface area contributed by atoms with Crippen LogP contribution in [0.2, 0.25) is 5.02 Å². The molecular weight excluding hydrogens is 270 g/mol. The Hall–Kier alpha value is -1.35. The van der Waals surface area contributed by atoms with Gasteiger partial charge < -0.3 is 10.1 Å². The monoisotopic (exact) mass is 289 g/mol. The number of halogens is 1. The summed E-state index contributed by atoms with van der Waals surface area (Å²) in [5.41, 5.74) is 3.65. The Bertz CT molecular complexity index is 556. The molecule has 1 N–H and O–H groups in total. The molecule has 0 aromatic heterocycles. The lowest BCUT2D eigenvalue weighted by molar-refractivity contribution is 0.185. The van der Waals surface area contributed by atoms with Crippen LogP contribution in [0.3, 0.4) is 0 Å². The van der Waals surface area contributed by atoms with Gasteiger partial charge in [-0.2, -0.15) is 0 Å². The SMILES string of the molecule is COCc1cccc(CNC(C)c2cccc(Cl)c2)c1. The van der Waals surface area contributed by atoms with Crippen LogP contribution in [-0.4, -0.2) is 7.11 Å². The smallest absolute Gasteiger partial charge is 0.0713 e. The molecule has 0 radical (unpaired) electrons. The first-order chi connectivity index (χ1) is 9.69. The first kappa shape index (κ1) is 15.0. The van der Waals surface area contributed by atoms with E-state index in [1.165, 1.54) is 16.7 Å². The molecule has 0 aliphatic carbocycles. The van der Waals surface area contributed by atoms with Crippen molar-refractivity contribution in [2.24, 2.45) is 0 Å². The minimum atomic E-state index is 0.264. The third kappa shape index (κ3) is 4.34. The third-order valence-electron chi connectivity index (χ3n) is 3.26. The minimum Gasteiger partial charge on any atom is -0.380 e. The minimum absolute atomic E-state index is 0.264. The van der Waals surface area contributed by atoms with Gasteiger partial charge in [0.25, 0.3) is 0 Å². The normalized spacial score (nSPS) is 12.3. The largest absolute Gasteiger partial charge is 0.380 e. The van der Waals surface area contributed by atoms with Crippen molar-refractivity contribution in [2.75, 3.05) is 7.11 Å². The van der Waals surface area contributed by atoms with Crippen molar-refractivity contribution < 1.29 is 4.74 Å². The molecular formula is C17H20ClNO. The molecule has 1 atom stereocenters. The molecule has 0 aliphatic rings. The highest BCUT2D eigenvalue weighted by Crippen LogP contribution is 2.18. The summed E-state index contributed by atoms with van der Waals surface area (Å²) >= 11 is 6.02. The fourth-order valence-electron chi connectivity index (χ4n) is 2.16. The fraction of sp³-hybridized carbons (Fsp3) is 0.294. The maximum atomic E-state index is 6.02. The Morgan fingerprint density at radius 2 is 1.85 bits per heavy atom. The molecule has 1 unspecified atom stereocenters. The van der Waals surface area contributed by atoms with Gasteiger partial charge >= 0.3 is 0 Å². The topological polar surface area (TPSA) is 21.3 Å². The lowest BCUT2D eigenvalue weighted by Gasteiger charge is -2.15. The van der Waals surface area contributed by atoms with Gasteiger partial charge in [-0.25, -0.2) is 0 Å². The van der Waals surface area contributed by atoms with Crippen molar-refractivity contribution in [3.8, 4) is 0 Å². The van der Waals surface area contributed by atoms with Crippen molar-refractivity contribution in [2.45, 2.75) is 26.1 Å². The standard InChI is InChI=1S/C17H20ClNO/c1-13(16-7-4-8-17(18)10-16)19-11-14-5-3-6-15(9-14)12-20-2/h3-10,13,19H,11-12H2,1-2H3. The second kappa shape index (κ2) is 7.44. The average Bonchev–Trinajstić information content (AvgIpc) is 2.45. The molecule has 0 heterocycles. The first-order valence-corrected chi connectivity index (χ1v) is 7.12. The molecule has 0 spiro atoms. The van der Waals surface area contributed by atoms with E-state index in [9.17, 15) is 0 Å². The van der Waals surface area contributed by atoms with Crippen LogP contribution in [0, 0.1) is 0 Å². The van der Waals surface area contributed by atoms with E-state index in [1.54, 1.807) is 7.11 Å².